The van der Waals surface area contributed by atoms with Gasteiger partial charge in [-0.1, -0.05) is 6.92 Å². The van der Waals surface area contributed by atoms with Crippen molar-refractivity contribution in [2.75, 3.05) is 13.1 Å². The lowest BCUT2D eigenvalue weighted by atomic mass is 9.85. The summed E-state index contributed by atoms with van der Waals surface area (Å²) in [6, 6.07) is 5.84. The second kappa shape index (κ2) is 7.65. The van der Waals surface area contributed by atoms with Gasteiger partial charge < -0.3 is 10.4 Å². The summed E-state index contributed by atoms with van der Waals surface area (Å²) in [6.45, 7) is 4.59. The highest BCUT2D eigenvalue weighted by Gasteiger charge is 2.34. The zero-order chi connectivity index (χ0) is 18.7. The first-order valence-corrected chi connectivity index (χ1v) is 8.70. The van der Waals surface area contributed by atoms with Crippen molar-refractivity contribution in [3.8, 4) is 5.69 Å². The number of hydrogen-bond donors (Lipinski definition) is 2. The van der Waals surface area contributed by atoms with E-state index in [1.165, 1.54) is 6.33 Å². The normalized spacial score (nSPS) is 19.2. The second-order valence-corrected chi connectivity index (χ2v) is 6.59. The summed E-state index contributed by atoms with van der Waals surface area (Å²) in [5.41, 5.74) is 2.36. The Bertz CT molecular complexity index is 784. The molecule has 1 amide bonds. The van der Waals surface area contributed by atoms with E-state index in [4.69, 9.17) is 5.11 Å². The Hall–Kier alpha value is -2.74. The summed E-state index contributed by atoms with van der Waals surface area (Å²) in [4.78, 5) is 29.3. The topological polar surface area (TPSA) is 100 Å². The Morgan fingerprint density at radius 1 is 1.38 bits per heavy atom. The lowest BCUT2D eigenvalue weighted by molar-refractivity contribution is -0.139. The quantitative estimate of drug-likeness (QED) is 0.773. The van der Waals surface area contributed by atoms with Crippen LogP contribution in [-0.2, 0) is 4.79 Å². The molecule has 0 atom stereocenters. The molecule has 0 saturated heterocycles. The Balaban J connectivity index is 1.57. The van der Waals surface area contributed by atoms with E-state index in [1.54, 1.807) is 17.1 Å². The molecule has 2 N–H and O–H groups in total. The summed E-state index contributed by atoms with van der Waals surface area (Å²) < 4.78 is 1.65. The van der Waals surface area contributed by atoms with Crippen molar-refractivity contribution >= 4 is 11.9 Å². The average Bonchev–Trinajstić information content (AvgIpc) is 3.10. The van der Waals surface area contributed by atoms with Crippen molar-refractivity contribution in [2.45, 2.75) is 38.8 Å². The molecule has 0 unspecified atom stereocenters. The number of nitrogens with one attached hydrogen (secondary N) is 1. The fourth-order valence-corrected chi connectivity index (χ4v) is 3.33. The summed E-state index contributed by atoms with van der Waals surface area (Å²) >= 11 is 0. The maximum Gasteiger partial charge on any atom is 0.317 e. The standard InChI is InChI=1S/C18H23N5O3/c1-3-22(9-17(24)25)15-7-13(8-15)21-18(26)16-5-4-14(6-12(16)2)23-11-19-10-20-23/h4-6,10-11,13,15H,3,7-9H2,1-2H3,(H,21,26)(H,24,25). The minimum atomic E-state index is -0.817. The number of likely N-dealkylation sites (N-methyl/N-ethyl adjacent to an activating group) is 1. The van der Waals surface area contributed by atoms with E-state index in [9.17, 15) is 9.59 Å². The minimum absolute atomic E-state index is 0.0463. The number of rotatable bonds is 7. The van der Waals surface area contributed by atoms with Crippen molar-refractivity contribution in [1.82, 2.24) is 25.0 Å². The van der Waals surface area contributed by atoms with Gasteiger partial charge in [-0.3, -0.25) is 14.5 Å². The summed E-state index contributed by atoms with van der Waals surface area (Å²) in [7, 11) is 0. The van der Waals surface area contributed by atoms with Gasteiger partial charge in [0.1, 0.15) is 12.7 Å². The van der Waals surface area contributed by atoms with Gasteiger partial charge >= 0.3 is 5.97 Å². The third kappa shape index (κ3) is 3.91. The number of aliphatic carboxylic acids is 1. The molecule has 1 fully saturated rings. The Morgan fingerprint density at radius 3 is 2.73 bits per heavy atom. The van der Waals surface area contributed by atoms with E-state index in [0.717, 1.165) is 24.1 Å². The van der Waals surface area contributed by atoms with Crippen LogP contribution in [0.3, 0.4) is 0 Å². The number of carboxylic acids is 1. The van der Waals surface area contributed by atoms with Crippen LogP contribution in [0.5, 0.6) is 0 Å². The molecular formula is C18H23N5O3. The summed E-state index contributed by atoms with van der Waals surface area (Å²) in [5.74, 6) is -0.917. The van der Waals surface area contributed by atoms with Crippen LogP contribution in [0.25, 0.3) is 5.69 Å². The Kier molecular flexibility index (Phi) is 5.32. The van der Waals surface area contributed by atoms with Gasteiger partial charge in [0, 0.05) is 17.6 Å². The van der Waals surface area contributed by atoms with Crippen LogP contribution >= 0.6 is 0 Å². The van der Waals surface area contributed by atoms with Crippen LogP contribution in [-0.4, -0.2) is 61.8 Å². The number of aromatic nitrogens is 3. The zero-order valence-electron chi connectivity index (χ0n) is 14.9. The predicted molar refractivity (Wildman–Crippen MR) is 95.3 cm³/mol. The van der Waals surface area contributed by atoms with Gasteiger partial charge in [-0.05, 0) is 50.1 Å². The van der Waals surface area contributed by atoms with Crippen LogP contribution in [0.15, 0.2) is 30.9 Å². The molecule has 2 aromatic rings. The van der Waals surface area contributed by atoms with Gasteiger partial charge in [-0.2, -0.15) is 5.10 Å². The first-order chi connectivity index (χ1) is 12.5. The van der Waals surface area contributed by atoms with E-state index in [-0.39, 0.29) is 24.5 Å². The van der Waals surface area contributed by atoms with E-state index in [2.05, 4.69) is 15.4 Å². The molecule has 1 aliphatic rings. The summed E-state index contributed by atoms with van der Waals surface area (Å²) in [6.07, 6.45) is 4.64. The highest BCUT2D eigenvalue weighted by atomic mass is 16.4. The van der Waals surface area contributed by atoms with Crippen LogP contribution in [0.2, 0.25) is 0 Å². The van der Waals surface area contributed by atoms with Crippen molar-refractivity contribution in [3.63, 3.8) is 0 Å². The smallest absolute Gasteiger partial charge is 0.317 e. The van der Waals surface area contributed by atoms with Crippen LogP contribution < -0.4 is 5.32 Å². The zero-order valence-corrected chi connectivity index (χ0v) is 14.9. The fraction of sp³-hybridized carbons (Fsp3) is 0.444. The number of benzene rings is 1. The highest BCUT2D eigenvalue weighted by molar-refractivity contribution is 5.96. The molecule has 0 bridgehead atoms. The number of carbonyl (C=O) groups excluding carboxylic acids is 1. The molecule has 138 valence electrons. The van der Waals surface area contributed by atoms with Gasteiger partial charge in [-0.15, -0.1) is 0 Å². The van der Waals surface area contributed by atoms with Crippen molar-refractivity contribution in [1.29, 1.82) is 0 Å². The first-order valence-electron chi connectivity index (χ1n) is 8.70. The Labute approximate surface area is 151 Å². The molecule has 26 heavy (non-hydrogen) atoms. The molecule has 1 aromatic carbocycles. The van der Waals surface area contributed by atoms with Crippen molar-refractivity contribution in [3.05, 3.63) is 42.0 Å². The fourth-order valence-electron chi connectivity index (χ4n) is 3.33. The molecule has 1 saturated carbocycles. The number of amides is 1. The van der Waals surface area contributed by atoms with Crippen LogP contribution in [0.4, 0.5) is 0 Å². The molecule has 1 heterocycles. The number of hydrogen-bond acceptors (Lipinski definition) is 5. The SMILES string of the molecule is CCN(CC(=O)O)C1CC(NC(=O)c2ccc(-n3cncn3)cc2C)C1. The lowest BCUT2D eigenvalue weighted by Crippen LogP contribution is -2.54. The van der Waals surface area contributed by atoms with Gasteiger partial charge in [0.05, 0.1) is 12.2 Å². The van der Waals surface area contributed by atoms with Crippen LogP contribution in [0, 0.1) is 6.92 Å². The van der Waals surface area contributed by atoms with Gasteiger partial charge in [0.2, 0.25) is 0 Å². The third-order valence-corrected chi connectivity index (χ3v) is 4.85. The predicted octanol–water partition coefficient (Wildman–Crippen LogP) is 1.24. The van der Waals surface area contributed by atoms with Gasteiger partial charge in [0.25, 0.3) is 5.91 Å². The molecule has 1 aromatic heterocycles. The monoisotopic (exact) mass is 357 g/mol. The number of nitrogens with zero attached hydrogens (tertiary/aromatic N) is 4. The van der Waals surface area contributed by atoms with Crippen molar-refractivity contribution in [2.24, 2.45) is 0 Å². The molecule has 1 aliphatic carbocycles. The van der Waals surface area contributed by atoms with E-state index >= 15 is 0 Å². The average molecular weight is 357 g/mol. The maximum atomic E-state index is 12.5. The van der Waals surface area contributed by atoms with E-state index in [1.807, 2.05) is 30.9 Å². The highest BCUT2D eigenvalue weighted by Crippen LogP contribution is 2.26. The first kappa shape index (κ1) is 18.1. The second-order valence-electron chi connectivity index (χ2n) is 6.59. The lowest BCUT2D eigenvalue weighted by Gasteiger charge is -2.42. The largest absolute Gasteiger partial charge is 0.480 e. The molecular weight excluding hydrogens is 334 g/mol. The molecule has 8 nitrogen and oxygen atoms in total. The Morgan fingerprint density at radius 2 is 2.15 bits per heavy atom. The maximum absolute atomic E-state index is 12.5. The molecule has 0 aliphatic heterocycles. The van der Waals surface area contributed by atoms with E-state index in [0.29, 0.717) is 12.1 Å². The van der Waals surface area contributed by atoms with Gasteiger partial charge in [-0.25, -0.2) is 9.67 Å². The minimum Gasteiger partial charge on any atom is -0.480 e. The molecule has 0 spiro atoms. The van der Waals surface area contributed by atoms with Crippen LogP contribution in [0.1, 0.15) is 35.7 Å². The van der Waals surface area contributed by atoms with E-state index < -0.39 is 5.97 Å². The molecule has 8 heteroatoms. The van der Waals surface area contributed by atoms with Crippen molar-refractivity contribution < 1.29 is 14.7 Å². The number of carbonyl (C=O) groups is 2. The molecule has 0 radical (unpaired) electrons. The molecule has 3 rings (SSSR count). The third-order valence-electron chi connectivity index (χ3n) is 4.85. The van der Waals surface area contributed by atoms with Gasteiger partial charge in [0.15, 0.2) is 0 Å². The number of aryl methyl sites for hydroxylation is 1. The number of carboxylic acid groups (broad SMARTS) is 1. The summed E-state index contributed by atoms with van der Waals surface area (Å²) in [5, 5.41) is 16.1.